The molecule has 0 unspecified atom stereocenters. The van der Waals surface area contributed by atoms with E-state index in [1.807, 2.05) is 0 Å². The molecule has 0 aliphatic rings. The molecule has 3 heteroatoms. The van der Waals surface area contributed by atoms with Gasteiger partial charge in [0.2, 0.25) is 0 Å². The van der Waals surface area contributed by atoms with E-state index in [0.717, 1.165) is 0 Å². The van der Waals surface area contributed by atoms with Crippen molar-refractivity contribution in [3.63, 3.8) is 0 Å². The lowest BCUT2D eigenvalue weighted by atomic mass is 10.8. The monoisotopic (exact) mass is 102 g/mol. The maximum Gasteiger partial charge on any atom is 0.293 e. The first-order valence-electron chi connectivity index (χ1n) is 1.97. The predicted molar refractivity (Wildman–Crippen MR) is 28.4 cm³/mol. The van der Waals surface area contributed by atoms with Crippen molar-refractivity contribution < 1.29 is 10.2 Å². The summed E-state index contributed by atoms with van der Waals surface area (Å²) in [6, 6.07) is 0. The van der Waals surface area contributed by atoms with Crippen LogP contribution < -0.4 is 4.67 Å². The molecule has 7 heavy (non-hydrogen) atoms. The lowest BCUT2D eigenvalue weighted by Gasteiger charge is -1.56. The van der Waals surface area contributed by atoms with Gasteiger partial charge in [0.15, 0.2) is 0 Å². The molecule has 0 radical (unpaired) electrons. The van der Waals surface area contributed by atoms with Crippen LogP contribution in [0.25, 0.3) is 0 Å². The zero-order chi connectivity index (χ0) is 5.54. The van der Waals surface area contributed by atoms with Crippen molar-refractivity contribution >= 4 is 12.4 Å². The second-order valence-electron chi connectivity index (χ2n) is 0.879. The number of nitrogens with zero attached hydrogens (tertiary/aromatic N) is 1. The molecule has 0 amide bonds. The van der Waals surface area contributed by atoms with Gasteiger partial charge in [-0.3, -0.25) is 0 Å². The van der Waals surface area contributed by atoms with Crippen LogP contribution in [0.2, 0.25) is 0 Å². The standard InChI is InChI=1S/C4H8NO2/c6-3-1-5-2-4-7/h1-2,6-7H,3-4H2/q+1. The van der Waals surface area contributed by atoms with E-state index in [2.05, 4.69) is 4.67 Å². The van der Waals surface area contributed by atoms with E-state index in [-0.39, 0.29) is 13.2 Å². The molecule has 0 spiro atoms. The summed E-state index contributed by atoms with van der Waals surface area (Å²) in [6.07, 6.45) is 2.60. The van der Waals surface area contributed by atoms with E-state index in [4.69, 9.17) is 10.2 Å². The summed E-state index contributed by atoms with van der Waals surface area (Å²) in [6.45, 7) is -0.146. The Morgan fingerprint density at radius 3 is 1.86 bits per heavy atom. The van der Waals surface area contributed by atoms with Crippen molar-refractivity contribution in [2.75, 3.05) is 13.2 Å². The van der Waals surface area contributed by atoms with E-state index in [0.29, 0.717) is 0 Å². The molecule has 0 rings (SSSR count). The van der Waals surface area contributed by atoms with Crippen LogP contribution in [-0.2, 0) is 0 Å². The van der Waals surface area contributed by atoms with E-state index < -0.39 is 0 Å². The van der Waals surface area contributed by atoms with Gasteiger partial charge in [0.1, 0.15) is 13.2 Å². The van der Waals surface area contributed by atoms with Crippen molar-refractivity contribution in [3.05, 3.63) is 0 Å². The Bertz CT molecular complexity index is 75.7. The van der Waals surface area contributed by atoms with Crippen LogP contribution >= 0.6 is 0 Å². The number of rotatable bonds is 2. The van der Waals surface area contributed by atoms with Crippen LogP contribution in [0.3, 0.4) is 0 Å². The SMILES string of the molecule is OCC=[N+]=CCO. The minimum absolute atomic E-state index is 0.0729. The highest BCUT2D eigenvalue weighted by Crippen LogP contribution is 1.35. The van der Waals surface area contributed by atoms with Gasteiger partial charge in [-0.1, -0.05) is 0 Å². The quantitative estimate of drug-likeness (QED) is 0.318. The average Bonchev–Trinajstić information content (AvgIpc) is 1.69. The van der Waals surface area contributed by atoms with Gasteiger partial charge >= 0.3 is 0 Å². The van der Waals surface area contributed by atoms with Crippen molar-refractivity contribution in [2.45, 2.75) is 0 Å². The fourth-order valence-corrected chi connectivity index (χ4v) is 0.169. The zero-order valence-electron chi connectivity index (χ0n) is 3.91. The van der Waals surface area contributed by atoms with E-state index >= 15 is 0 Å². The van der Waals surface area contributed by atoms with Crippen LogP contribution in [0.15, 0.2) is 0 Å². The van der Waals surface area contributed by atoms with Crippen molar-refractivity contribution in [3.8, 4) is 0 Å². The summed E-state index contributed by atoms with van der Waals surface area (Å²) < 4.78 is 3.46. The number of aliphatic hydroxyl groups excluding tert-OH is 2. The molecule has 0 aromatic heterocycles. The Labute approximate surface area is 41.7 Å². The van der Waals surface area contributed by atoms with Crippen LogP contribution in [0.4, 0.5) is 0 Å². The molecular weight excluding hydrogens is 94.0 g/mol. The molecule has 0 aliphatic heterocycles. The fourth-order valence-electron chi connectivity index (χ4n) is 0.169. The summed E-state index contributed by atoms with van der Waals surface area (Å²) in [7, 11) is 0. The molecule has 2 N–H and O–H groups in total. The lowest BCUT2D eigenvalue weighted by Crippen LogP contribution is -1.90. The third kappa shape index (κ3) is 5.37. The van der Waals surface area contributed by atoms with Gasteiger partial charge in [-0.2, -0.15) is 0 Å². The molecule has 0 aromatic rings. The summed E-state index contributed by atoms with van der Waals surface area (Å²) in [5, 5.41) is 16.1. The van der Waals surface area contributed by atoms with E-state index in [9.17, 15) is 0 Å². The Morgan fingerprint density at radius 2 is 1.57 bits per heavy atom. The first kappa shape index (κ1) is 6.37. The van der Waals surface area contributed by atoms with E-state index in [1.54, 1.807) is 0 Å². The van der Waals surface area contributed by atoms with Gasteiger partial charge in [0.05, 0.1) is 0 Å². The molecular formula is C4H8NO2+. The molecule has 0 fully saturated rings. The Morgan fingerprint density at radius 1 is 1.14 bits per heavy atom. The van der Waals surface area contributed by atoms with Crippen LogP contribution in [-0.4, -0.2) is 35.9 Å². The minimum Gasteiger partial charge on any atom is -0.385 e. The summed E-state index contributed by atoms with van der Waals surface area (Å²) in [5.74, 6) is 0. The second-order valence-corrected chi connectivity index (χ2v) is 0.879. The van der Waals surface area contributed by atoms with Gasteiger partial charge in [-0.25, -0.2) is 0 Å². The molecule has 0 saturated carbocycles. The Hall–Kier alpha value is -0.630. The zero-order valence-corrected chi connectivity index (χ0v) is 3.91. The predicted octanol–water partition coefficient (Wildman–Crippen LogP) is -1.82. The molecule has 40 valence electrons. The van der Waals surface area contributed by atoms with Gasteiger partial charge in [-0.15, -0.1) is 4.67 Å². The molecule has 0 saturated heterocycles. The smallest absolute Gasteiger partial charge is 0.293 e. The normalized spacial score (nSPS) is 7.14. The lowest BCUT2D eigenvalue weighted by molar-refractivity contribution is 0.359. The fraction of sp³-hybridized carbons (Fsp3) is 0.500. The van der Waals surface area contributed by atoms with Crippen molar-refractivity contribution in [1.82, 2.24) is 4.67 Å². The minimum atomic E-state index is -0.0729. The molecule has 0 bridgehead atoms. The molecule has 0 aromatic carbocycles. The number of aliphatic hydroxyl groups is 2. The van der Waals surface area contributed by atoms with E-state index in [1.165, 1.54) is 12.4 Å². The van der Waals surface area contributed by atoms with Gasteiger partial charge in [0, 0.05) is 0 Å². The molecule has 3 nitrogen and oxygen atoms in total. The first-order valence-corrected chi connectivity index (χ1v) is 1.97. The largest absolute Gasteiger partial charge is 0.385 e. The Balaban J connectivity index is 3.21. The van der Waals surface area contributed by atoms with Crippen LogP contribution in [0.1, 0.15) is 0 Å². The molecule has 0 heterocycles. The third-order valence-electron chi connectivity index (χ3n) is 0.374. The highest BCUT2D eigenvalue weighted by atomic mass is 16.3. The summed E-state index contributed by atoms with van der Waals surface area (Å²) >= 11 is 0. The highest BCUT2D eigenvalue weighted by Gasteiger charge is 1.73. The third-order valence-corrected chi connectivity index (χ3v) is 0.374. The van der Waals surface area contributed by atoms with Gasteiger partial charge in [-0.05, 0) is 0 Å². The first-order chi connectivity index (χ1) is 3.41. The van der Waals surface area contributed by atoms with Crippen LogP contribution in [0, 0.1) is 0 Å². The maximum atomic E-state index is 8.04. The van der Waals surface area contributed by atoms with Gasteiger partial charge < -0.3 is 10.2 Å². The molecule has 0 atom stereocenters. The average molecular weight is 102 g/mol. The topological polar surface area (TPSA) is 54.6 Å². The number of hydrogen-bond donors (Lipinski definition) is 2. The van der Waals surface area contributed by atoms with Crippen molar-refractivity contribution in [2.24, 2.45) is 0 Å². The highest BCUT2D eigenvalue weighted by molar-refractivity contribution is 5.66. The maximum absolute atomic E-state index is 8.04. The molecule has 0 aliphatic carbocycles. The second kappa shape index (κ2) is 5.37. The summed E-state index contributed by atoms with van der Waals surface area (Å²) in [4.78, 5) is 0. The number of hydrogen-bond acceptors (Lipinski definition) is 2. The van der Waals surface area contributed by atoms with Crippen LogP contribution in [0.5, 0.6) is 0 Å². The van der Waals surface area contributed by atoms with Gasteiger partial charge in [0.25, 0.3) is 12.4 Å². The Kier molecular flexibility index (Phi) is 4.89. The van der Waals surface area contributed by atoms with Crippen molar-refractivity contribution in [1.29, 1.82) is 0 Å². The summed E-state index contributed by atoms with van der Waals surface area (Å²) in [5.41, 5.74) is 0.